The lowest BCUT2D eigenvalue weighted by Crippen LogP contribution is -2.53. The van der Waals surface area contributed by atoms with Crippen molar-refractivity contribution >= 4 is 0 Å². The van der Waals surface area contributed by atoms with Crippen molar-refractivity contribution in [2.75, 3.05) is 13.1 Å². The van der Waals surface area contributed by atoms with Gasteiger partial charge in [0.25, 0.3) is 0 Å². The van der Waals surface area contributed by atoms with E-state index in [9.17, 15) is 5.11 Å². The summed E-state index contributed by atoms with van der Waals surface area (Å²) < 4.78 is 0. The van der Waals surface area contributed by atoms with Crippen LogP contribution in [0.1, 0.15) is 59.8 Å². The van der Waals surface area contributed by atoms with Gasteiger partial charge in [0.05, 0.1) is 6.10 Å². The first-order valence-electron chi connectivity index (χ1n) is 8.45. The first-order valence-corrected chi connectivity index (χ1v) is 8.45. The summed E-state index contributed by atoms with van der Waals surface area (Å²) in [5.74, 6) is 1.43. The quantitative estimate of drug-likeness (QED) is 0.833. The molecule has 3 nitrogen and oxygen atoms in total. The molecule has 3 N–H and O–H groups in total. The molecular weight excluding hydrogens is 248 g/mol. The van der Waals surface area contributed by atoms with E-state index in [1.807, 2.05) is 0 Å². The molecule has 0 radical (unpaired) electrons. The second kappa shape index (κ2) is 6.33. The smallest absolute Gasteiger partial charge is 0.0591 e. The van der Waals surface area contributed by atoms with Gasteiger partial charge in [-0.2, -0.15) is 0 Å². The molecule has 0 amide bonds. The van der Waals surface area contributed by atoms with Gasteiger partial charge in [-0.25, -0.2) is 0 Å². The molecule has 1 heterocycles. The lowest BCUT2D eigenvalue weighted by molar-refractivity contribution is 0.00779. The van der Waals surface area contributed by atoms with E-state index >= 15 is 0 Å². The summed E-state index contributed by atoms with van der Waals surface area (Å²) >= 11 is 0. The van der Waals surface area contributed by atoms with Gasteiger partial charge in [0.15, 0.2) is 0 Å². The van der Waals surface area contributed by atoms with Crippen LogP contribution in [0.3, 0.4) is 0 Å². The predicted molar refractivity (Wildman–Crippen MR) is 84.5 cm³/mol. The Balaban J connectivity index is 1.90. The van der Waals surface area contributed by atoms with Crippen LogP contribution >= 0.6 is 0 Å². The van der Waals surface area contributed by atoms with Gasteiger partial charge in [-0.05, 0) is 49.9 Å². The number of aliphatic hydroxyl groups excluding tert-OH is 1. The Bertz CT molecular complexity index is 309. The molecule has 1 saturated heterocycles. The van der Waals surface area contributed by atoms with E-state index in [2.05, 4.69) is 32.6 Å². The van der Waals surface area contributed by atoms with Crippen molar-refractivity contribution in [3.05, 3.63) is 0 Å². The Morgan fingerprint density at radius 1 is 1.25 bits per heavy atom. The number of hydrogen-bond donors (Lipinski definition) is 2. The van der Waals surface area contributed by atoms with Crippen LogP contribution in [0, 0.1) is 17.3 Å². The Labute approximate surface area is 124 Å². The zero-order valence-electron chi connectivity index (χ0n) is 13.8. The molecule has 3 heteroatoms. The highest BCUT2D eigenvalue weighted by molar-refractivity contribution is 4.90. The normalized spacial score (nSPS) is 32.7. The van der Waals surface area contributed by atoms with Crippen LogP contribution in [0.15, 0.2) is 0 Å². The predicted octanol–water partition coefficient (Wildman–Crippen LogP) is 2.62. The van der Waals surface area contributed by atoms with Crippen molar-refractivity contribution in [1.82, 2.24) is 4.90 Å². The molecule has 20 heavy (non-hydrogen) atoms. The summed E-state index contributed by atoms with van der Waals surface area (Å²) in [4.78, 5) is 2.60. The number of nitrogens with zero attached hydrogens (tertiary/aromatic N) is 1. The summed E-state index contributed by atoms with van der Waals surface area (Å²) in [6.07, 6.45) is 5.93. The van der Waals surface area contributed by atoms with Gasteiger partial charge in [0.1, 0.15) is 0 Å². The topological polar surface area (TPSA) is 49.5 Å². The maximum Gasteiger partial charge on any atom is 0.0591 e. The van der Waals surface area contributed by atoms with Crippen molar-refractivity contribution in [2.45, 2.75) is 78.0 Å². The molecule has 118 valence electrons. The summed E-state index contributed by atoms with van der Waals surface area (Å²) in [6.45, 7) is 10.9. The molecule has 4 unspecified atom stereocenters. The molecule has 0 spiro atoms. The number of piperidine rings is 1. The Kier molecular flexibility index (Phi) is 5.14. The van der Waals surface area contributed by atoms with E-state index in [-0.39, 0.29) is 17.6 Å². The summed E-state index contributed by atoms with van der Waals surface area (Å²) in [5, 5.41) is 10.4. The van der Waals surface area contributed by atoms with Crippen LogP contribution in [0.25, 0.3) is 0 Å². The fourth-order valence-electron chi connectivity index (χ4n) is 3.68. The highest BCUT2D eigenvalue weighted by Crippen LogP contribution is 2.35. The number of rotatable bonds is 4. The summed E-state index contributed by atoms with van der Waals surface area (Å²) in [5.41, 5.74) is 6.25. The second-order valence-corrected chi connectivity index (χ2v) is 8.36. The Hall–Kier alpha value is -0.120. The van der Waals surface area contributed by atoms with E-state index in [0.29, 0.717) is 12.0 Å². The summed E-state index contributed by atoms with van der Waals surface area (Å²) in [6, 6.07) is 0.952. The minimum atomic E-state index is -0.223. The zero-order valence-corrected chi connectivity index (χ0v) is 13.8. The highest BCUT2D eigenvalue weighted by atomic mass is 16.3. The van der Waals surface area contributed by atoms with Crippen LogP contribution in [0.5, 0.6) is 0 Å². The molecule has 0 bridgehead atoms. The third-order valence-electron chi connectivity index (χ3n) is 5.56. The first kappa shape index (κ1) is 16.3. The molecular formula is C17H34N2O. The largest absolute Gasteiger partial charge is 0.393 e. The van der Waals surface area contributed by atoms with E-state index in [1.54, 1.807) is 0 Å². The molecule has 1 saturated carbocycles. The van der Waals surface area contributed by atoms with Gasteiger partial charge in [-0.1, -0.05) is 27.2 Å². The zero-order chi connectivity index (χ0) is 14.9. The number of hydrogen-bond acceptors (Lipinski definition) is 3. The Morgan fingerprint density at radius 3 is 2.40 bits per heavy atom. The maximum atomic E-state index is 10.4. The molecule has 0 aromatic rings. The van der Waals surface area contributed by atoms with Gasteiger partial charge in [0.2, 0.25) is 0 Å². The number of likely N-dealkylation sites (tertiary alicyclic amines) is 1. The molecule has 2 fully saturated rings. The fourth-order valence-corrected chi connectivity index (χ4v) is 3.68. The van der Waals surface area contributed by atoms with E-state index in [1.165, 1.54) is 19.3 Å². The lowest BCUT2D eigenvalue weighted by Gasteiger charge is -2.45. The van der Waals surface area contributed by atoms with Crippen LogP contribution in [0.4, 0.5) is 0 Å². The van der Waals surface area contributed by atoms with Crippen molar-refractivity contribution in [3.63, 3.8) is 0 Å². The fraction of sp³-hybridized carbons (Fsp3) is 1.00. The molecule has 2 rings (SSSR count). The standard InChI is InChI=1S/C17H34N2O/c1-12(14-6-5-7-14)19-10-13(8-15(18)11-19)9-16(20)17(2,3)4/h12-16,20H,5-11,18H2,1-4H3. The number of aliphatic hydroxyl groups is 1. The van der Waals surface area contributed by atoms with E-state index < -0.39 is 0 Å². The molecule has 1 aliphatic carbocycles. The third kappa shape index (κ3) is 3.96. The number of nitrogens with two attached hydrogens (primary N) is 1. The second-order valence-electron chi connectivity index (χ2n) is 8.36. The maximum absolute atomic E-state index is 10.4. The first-order chi connectivity index (χ1) is 9.27. The van der Waals surface area contributed by atoms with Gasteiger partial charge in [-0.3, -0.25) is 4.90 Å². The van der Waals surface area contributed by atoms with Crippen molar-refractivity contribution in [3.8, 4) is 0 Å². The minimum absolute atomic E-state index is 0.0219. The van der Waals surface area contributed by atoms with Crippen LogP contribution in [-0.2, 0) is 0 Å². The van der Waals surface area contributed by atoms with E-state index in [4.69, 9.17) is 5.73 Å². The summed E-state index contributed by atoms with van der Waals surface area (Å²) in [7, 11) is 0. The van der Waals surface area contributed by atoms with Crippen molar-refractivity contribution < 1.29 is 5.11 Å². The molecule has 0 aromatic heterocycles. The van der Waals surface area contributed by atoms with Gasteiger partial charge in [-0.15, -0.1) is 0 Å². The van der Waals surface area contributed by atoms with Gasteiger partial charge < -0.3 is 10.8 Å². The van der Waals surface area contributed by atoms with Crippen LogP contribution in [0.2, 0.25) is 0 Å². The average molecular weight is 282 g/mol. The highest BCUT2D eigenvalue weighted by Gasteiger charge is 2.35. The van der Waals surface area contributed by atoms with Crippen molar-refractivity contribution in [1.29, 1.82) is 0 Å². The SMILES string of the molecule is CC(C1CCC1)N1CC(N)CC(CC(O)C(C)(C)C)C1. The van der Waals surface area contributed by atoms with Gasteiger partial charge in [0, 0.05) is 25.2 Å². The average Bonchev–Trinajstić information content (AvgIpc) is 2.24. The lowest BCUT2D eigenvalue weighted by atomic mass is 9.77. The molecule has 4 atom stereocenters. The van der Waals surface area contributed by atoms with E-state index in [0.717, 1.165) is 31.8 Å². The molecule has 1 aliphatic heterocycles. The minimum Gasteiger partial charge on any atom is -0.393 e. The van der Waals surface area contributed by atoms with Gasteiger partial charge >= 0.3 is 0 Å². The van der Waals surface area contributed by atoms with Crippen LogP contribution < -0.4 is 5.73 Å². The van der Waals surface area contributed by atoms with Crippen molar-refractivity contribution in [2.24, 2.45) is 23.0 Å². The Morgan fingerprint density at radius 2 is 1.90 bits per heavy atom. The molecule has 2 aliphatic rings. The monoisotopic (exact) mass is 282 g/mol. The third-order valence-corrected chi connectivity index (χ3v) is 5.56. The van der Waals surface area contributed by atoms with Crippen LogP contribution in [-0.4, -0.2) is 41.3 Å². The molecule has 0 aromatic carbocycles.